The summed E-state index contributed by atoms with van der Waals surface area (Å²) in [6, 6.07) is 5.77. The topological polar surface area (TPSA) is 55.7 Å². The van der Waals surface area contributed by atoms with Gasteiger partial charge in [0.05, 0.1) is 12.2 Å². The Morgan fingerprint density at radius 1 is 1.32 bits per heavy atom. The van der Waals surface area contributed by atoms with Crippen LogP contribution in [0.1, 0.15) is 18.9 Å². The van der Waals surface area contributed by atoms with Crippen molar-refractivity contribution in [1.82, 2.24) is 5.32 Å². The van der Waals surface area contributed by atoms with E-state index in [9.17, 15) is 10.2 Å². The number of halogens is 1. The Labute approximate surface area is 119 Å². The van der Waals surface area contributed by atoms with Crippen LogP contribution in [0.15, 0.2) is 18.2 Å². The minimum Gasteiger partial charge on any atom is -0.389 e. The molecule has 1 fully saturated rings. The summed E-state index contributed by atoms with van der Waals surface area (Å²) in [5, 5.41) is 23.4. The van der Waals surface area contributed by atoms with Gasteiger partial charge in [0, 0.05) is 30.3 Å². The second-order valence-electron chi connectivity index (χ2n) is 4.99. The smallest absolute Gasteiger partial charge is 0.0990 e. The van der Waals surface area contributed by atoms with Crippen molar-refractivity contribution in [2.75, 3.05) is 24.5 Å². The average molecular weight is 285 g/mol. The molecule has 2 unspecified atom stereocenters. The second kappa shape index (κ2) is 6.57. The first kappa shape index (κ1) is 14.6. The number of anilines is 1. The zero-order valence-corrected chi connectivity index (χ0v) is 11.9. The maximum Gasteiger partial charge on any atom is 0.0990 e. The van der Waals surface area contributed by atoms with Gasteiger partial charge >= 0.3 is 0 Å². The fraction of sp³-hybridized carbons (Fsp3) is 0.571. The number of benzene rings is 1. The standard InChI is InChI=1S/C14H21ClN2O2/c1-2-5-16-7-10-3-4-11(15)6-12(10)17-8-13(18)14(19)9-17/h3-4,6,13-14,16,18-19H,2,5,7-9H2,1H3. The normalized spacial score (nSPS) is 23.1. The van der Waals surface area contributed by atoms with Crippen LogP contribution in [0, 0.1) is 0 Å². The summed E-state index contributed by atoms with van der Waals surface area (Å²) in [5.41, 5.74) is 2.13. The number of aliphatic hydroxyl groups excluding tert-OH is 2. The summed E-state index contributed by atoms with van der Waals surface area (Å²) in [6.45, 7) is 4.75. The average Bonchev–Trinajstić information content (AvgIpc) is 2.71. The highest BCUT2D eigenvalue weighted by Crippen LogP contribution is 2.28. The first-order chi connectivity index (χ1) is 9.11. The first-order valence-electron chi connectivity index (χ1n) is 6.72. The molecular weight excluding hydrogens is 264 g/mol. The van der Waals surface area contributed by atoms with E-state index in [1.807, 2.05) is 23.1 Å². The predicted molar refractivity (Wildman–Crippen MR) is 77.7 cm³/mol. The third kappa shape index (κ3) is 3.60. The van der Waals surface area contributed by atoms with E-state index < -0.39 is 12.2 Å². The molecule has 106 valence electrons. The molecule has 1 aliphatic rings. The number of aliphatic hydroxyl groups is 2. The van der Waals surface area contributed by atoms with Crippen LogP contribution in [-0.4, -0.2) is 42.1 Å². The number of hydrogen-bond donors (Lipinski definition) is 3. The fourth-order valence-electron chi connectivity index (χ4n) is 2.35. The molecule has 0 radical (unpaired) electrons. The van der Waals surface area contributed by atoms with Crippen LogP contribution in [-0.2, 0) is 6.54 Å². The van der Waals surface area contributed by atoms with Crippen LogP contribution >= 0.6 is 11.6 Å². The van der Waals surface area contributed by atoms with Crippen molar-refractivity contribution in [3.05, 3.63) is 28.8 Å². The van der Waals surface area contributed by atoms with Gasteiger partial charge in [-0.15, -0.1) is 0 Å². The van der Waals surface area contributed by atoms with Crippen molar-refractivity contribution >= 4 is 17.3 Å². The van der Waals surface area contributed by atoms with Crippen LogP contribution < -0.4 is 10.2 Å². The monoisotopic (exact) mass is 284 g/mol. The molecule has 4 nitrogen and oxygen atoms in total. The van der Waals surface area contributed by atoms with E-state index in [-0.39, 0.29) is 0 Å². The van der Waals surface area contributed by atoms with Crippen LogP contribution in [0.5, 0.6) is 0 Å². The Balaban J connectivity index is 2.15. The Bertz CT molecular complexity index is 418. The van der Waals surface area contributed by atoms with Crippen molar-refractivity contribution < 1.29 is 10.2 Å². The molecule has 1 heterocycles. The molecule has 0 spiro atoms. The highest BCUT2D eigenvalue weighted by atomic mass is 35.5. The Kier molecular flexibility index (Phi) is 5.05. The lowest BCUT2D eigenvalue weighted by Crippen LogP contribution is -2.24. The van der Waals surface area contributed by atoms with Gasteiger partial charge in [-0.25, -0.2) is 0 Å². The molecule has 1 aromatic rings. The molecule has 1 aromatic carbocycles. The Morgan fingerprint density at radius 2 is 2.00 bits per heavy atom. The maximum atomic E-state index is 9.66. The van der Waals surface area contributed by atoms with Crippen LogP contribution in [0.25, 0.3) is 0 Å². The summed E-state index contributed by atoms with van der Waals surface area (Å²) >= 11 is 6.06. The zero-order valence-electron chi connectivity index (χ0n) is 11.1. The van der Waals surface area contributed by atoms with Crippen molar-refractivity contribution in [3.63, 3.8) is 0 Å². The van der Waals surface area contributed by atoms with Gasteiger partial charge in [-0.2, -0.15) is 0 Å². The minimum absolute atomic E-state index is 0.447. The van der Waals surface area contributed by atoms with Crippen LogP contribution in [0.3, 0.4) is 0 Å². The van der Waals surface area contributed by atoms with Gasteiger partial charge in [0.25, 0.3) is 0 Å². The lowest BCUT2D eigenvalue weighted by Gasteiger charge is -2.22. The quantitative estimate of drug-likeness (QED) is 0.715. The number of nitrogens with one attached hydrogen (secondary N) is 1. The van der Waals surface area contributed by atoms with Crippen LogP contribution in [0.2, 0.25) is 5.02 Å². The van der Waals surface area contributed by atoms with E-state index in [4.69, 9.17) is 11.6 Å². The van der Waals surface area contributed by atoms with Gasteiger partial charge in [0.15, 0.2) is 0 Å². The molecule has 0 bridgehead atoms. The summed E-state index contributed by atoms with van der Waals surface area (Å²) < 4.78 is 0. The van der Waals surface area contributed by atoms with Gasteiger partial charge in [0.1, 0.15) is 0 Å². The highest BCUT2D eigenvalue weighted by molar-refractivity contribution is 6.30. The van der Waals surface area contributed by atoms with Crippen molar-refractivity contribution in [2.24, 2.45) is 0 Å². The Morgan fingerprint density at radius 3 is 2.63 bits per heavy atom. The van der Waals surface area contributed by atoms with Gasteiger partial charge < -0.3 is 20.4 Å². The number of β-amino-alcohol motifs (C(OH)–C–C–N with tert-alkyl or cyclic N) is 2. The highest BCUT2D eigenvalue weighted by Gasteiger charge is 2.30. The minimum atomic E-state index is -0.685. The second-order valence-corrected chi connectivity index (χ2v) is 5.43. The number of nitrogens with zero attached hydrogens (tertiary/aromatic N) is 1. The molecule has 19 heavy (non-hydrogen) atoms. The molecule has 2 atom stereocenters. The zero-order chi connectivity index (χ0) is 13.8. The molecule has 0 saturated carbocycles. The summed E-state index contributed by atoms with van der Waals surface area (Å²) in [6.07, 6.45) is -0.282. The lowest BCUT2D eigenvalue weighted by atomic mass is 10.1. The largest absolute Gasteiger partial charge is 0.389 e. The van der Waals surface area contributed by atoms with E-state index in [1.54, 1.807) is 0 Å². The predicted octanol–water partition coefficient (Wildman–Crippen LogP) is 1.38. The lowest BCUT2D eigenvalue weighted by molar-refractivity contribution is 0.0572. The molecule has 1 aliphatic heterocycles. The SMILES string of the molecule is CCCNCc1ccc(Cl)cc1N1CC(O)C(O)C1. The van der Waals surface area contributed by atoms with E-state index in [0.29, 0.717) is 18.1 Å². The van der Waals surface area contributed by atoms with E-state index >= 15 is 0 Å². The van der Waals surface area contributed by atoms with Crippen molar-refractivity contribution in [1.29, 1.82) is 0 Å². The van der Waals surface area contributed by atoms with Gasteiger partial charge in [0.2, 0.25) is 0 Å². The molecule has 5 heteroatoms. The number of hydrogen-bond acceptors (Lipinski definition) is 4. The van der Waals surface area contributed by atoms with E-state index in [0.717, 1.165) is 30.8 Å². The van der Waals surface area contributed by atoms with Crippen LogP contribution in [0.4, 0.5) is 5.69 Å². The molecule has 0 aromatic heterocycles. The van der Waals surface area contributed by atoms with E-state index in [2.05, 4.69) is 12.2 Å². The third-order valence-corrected chi connectivity index (χ3v) is 3.62. The van der Waals surface area contributed by atoms with Gasteiger partial charge in [-0.05, 0) is 30.7 Å². The maximum absolute atomic E-state index is 9.66. The summed E-state index contributed by atoms with van der Waals surface area (Å²) in [4.78, 5) is 1.99. The fourth-order valence-corrected chi connectivity index (χ4v) is 2.51. The van der Waals surface area contributed by atoms with E-state index in [1.165, 1.54) is 0 Å². The first-order valence-corrected chi connectivity index (χ1v) is 7.10. The molecule has 2 rings (SSSR count). The molecule has 0 amide bonds. The molecule has 3 N–H and O–H groups in total. The van der Waals surface area contributed by atoms with Crippen molar-refractivity contribution in [3.8, 4) is 0 Å². The van der Waals surface area contributed by atoms with Gasteiger partial charge in [-0.3, -0.25) is 0 Å². The summed E-state index contributed by atoms with van der Waals surface area (Å²) in [5.74, 6) is 0. The third-order valence-electron chi connectivity index (χ3n) is 3.39. The molecule has 1 saturated heterocycles. The molecule has 0 aliphatic carbocycles. The van der Waals surface area contributed by atoms with Gasteiger partial charge in [-0.1, -0.05) is 24.6 Å². The van der Waals surface area contributed by atoms with Crippen molar-refractivity contribution in [2.45, 2.75) is 32.1 Å². The Hall–Kier alpha value is -0.810. The molecular formula is C14H21ClN2O2. The summed E-state index contributed by atoms with van der Waals surface area (Å²) in [7, 11) is 0. The number of rotatable bonds is 5.